The predicted molar refractivity (Wildman–Crippen MR) is 78.7 cm³/mol. The molecule has 1 aromatic carbocycles. The van der Waals surface area contributed by atoms with Crippen LogP contribution in [0.1, 0.15) is 5.56 Å². The summed E-state index contributed by atoms with van der Waals surface area (Å²) in [7, 11) is 0. The molecule has 5 nitrogen and oxygen atoms in total. The third-order valence-electron chi connectivity index (χ3n) is 3.72. The van der Waals surface area contributed by atoms with Gasteiger partial charge in [0.05, 0.1) is 12.7 Å². The Bertz CT molecular complexity index is 613. The average Bonchev–Trinajstić information content (AvgIpc) is 3.03. The first-order valence-corrected chi connectivity index (χ1v) is 7.32. The summed E-state index contributed by atoms with van der Waals surface area (Å²) in [6.45, 7) is 1.92. The van der Waals surface area contributed by atoms with Crippen LogP contribution in [0.15, 0.2) is 42.7 Å². The summed E-state index contributed by atoms with van der Waals surface area (Å²) >= 11 is 0. The molecular formula is C16H18FN3O2. The molecule has 116 valence electrons. The predicted octanol–water partition coefficient (Wildman–Crippen LogP) is 1.49. The fourth-order valence-corrected chi connectivity index (χ4v) is 2.59. The molecule has 6 heteroatoms. The Kier molecular flexibility index (Phi) is 4.48. The van der Waals surface area contributed by atoms with Crippen LogP contribution in [0.3, 0.4) is 0 Å². The molecule has 0 radical (unpaired) electrons. The number of nitrogens with zero attached hydrogens (tertiary/aromatic N) is 3. The van der Waals surface area contributed by atoms with E-state index in [1.165, 1.54) is 12.1 Å². The van der Waals surface area contributed by atoms with Gasteiger partial charge in [-0.3, -0.25) is 9.48 Å². The molecule has 1 amide bonds. The van der Waals surface area contributed by atoms with Gasteiger partial charge in [0.15, 0.2) is 0 Å². The number of morpholine rings is 1. The maximum absolute atomic E-state index is 12.9. The molecule has 1 atom stereocenters. The minimum atomic E-state index is -0.246. The number of amides is 1. The van der Waals surface area contributed by atoms with Gasteiger partial charge in [-0.1, -0.05) is 12.1 Å². The van der Waals surface area contributed by atoms with E-state index in [-0.39, 0.29) is 24.4 Å². The molecule has 2 aromatic rings. The van der Waals surface area contributed by atoms with E-state index in [9.17, 15) is 9.18 Å². The lowest BCUT2D eigenvalue weighted by molar-refractivity contribution is -0.139. The van der Waals surface area contributed by atoms with Crippen molar-refractivity contribution in [1.82, 2.24) is 14.7 Å². The molecule has 1 aliphatic rings. The highest BCUT2D eigenvalue weighted by molar-refractivity contribution is 5.76. The third kappa shape index (κ3) is 3.71. The summed E-state index contributed by atoms with van der Waals surface area (Å²) in [6, 6.07) is 8.19. The van der Waals surface area contributed by atoms with Gasteiger partial charge in [0.25, 0.3) is 0 Å². The first-order valence-electron chi connectivity index (χ1n) is 7.32. The van der Waals surface area contributed by atoms with E-state index in [1.807, 2.05) is 0 Å². The topological polar surface area (TPSA) is 47.4 Å². The summed E-state index contributed by atoms with van der Waals surface area (Å²) in [5, 5.41) is 4.05. The van der Waals surface area contributed by atoms with Gasteiger partial charge in [-0.15, -0.1) is 0 Å². The molecule has 0 unspecified atom stereocenters. The Hall–Kier alpha value is -2.21. The van der Waals surface area contributed by atoms with Crippen molar-refractivity contribution in [1.29, 1.82) is 0 Å². The van der Waals surface area contributed by atoms with Crippen LogP contribution >= 0.6 is 0 Å². The van der Waals surface area contributed by atoms with Crippen molar-refractivity contribution in [2.24, 2.45) is 0 Å². The van der Waals surface area contributed by atoms with E-state index >= 15 is 0 Å². The van der Waals surface area contributed by atoms with Crippen LogP contribution < -0.4 is 0 Å². The van der Waals surface area contributed by atoms with E-state index in [0.29, 0.717) is 26.1 Å². The van der Waals surface area contributed by atoms with E-state index < -0.39 is 0 Å². The van der Waals surface area contributed by atoms with Crippen molar-refractivity contribution >= 4 is 5.91 Å². The van der Waals surface area contributed by atoms with Crippen molar-refractivity contribution in [3.8, 4) is 0 Å². The van der Waals surface area contributed by atoms with E-state index in [2.05, 4.69) is 5.10 Å². The zero-order valence-corrected chi connectivity index (χ0v) is 12.2. The molecule has 2 heterocycles. The maximum Gasteiger partial charge on any atom is 0.244 e. The van der Waals surface area contributed by atoms with Gasteiger partial charge in [0.2, 0.25) is 5.91 Å². The summed E-state index contributed by atoms with van der Waals surface area (Å²) in [4.78, 5) is 14.1. The van der Waals surface area contributed by atoms with Crippen LogP contribution in [0, 0.1) is 5.82 Å². The smallest absolute Gasteiger partial charge is 0.244 e. The van der Waals surface area contributed by atoms with Crippen molar-refractivity contribution in [2.45, 2.75) is 19.1 Å². The average molecular weight is 303 g/mol. The molecule has 0 N–H and O–H groups in total. The number of carbonyl (C=O) groups excluding carboxylic acids is 1. The monoisotopic (exact) mass is 303 g/mol. The van der Waals surface area contributed by atoms with Crippen molar-refractivity contribution < 1.29 is 13.9 Å². The largest absolute Gasteiger partial charge is 0.374 e. The van der Waals surface area contributed by atoms with Gasteiger partial charge in [-0.2, -0.15) is 5.10 Å². The van der Waals surface area contributed by atoms with Gasteiger partial charge in [-0.05, 0) is 23.8 Å². The highest BCUT2D eigenvalue weighted by atomic mass is 19.1. The van der Waals surface area contributed by atoms with Crippen LogP contribution in [0.4, 0.5) is 4.39 Å². The number of hydrogen-bond donors (Lipinski definition) is 0. The Morgan fingerprint density at radius 2 is 2.18 bits per heavy atom. The summed E-state index contributed by atoms with van der Waals surface area (Å²) in [6.07, 6.45) is 4.05. The van der Waals surface area contributed by atoms with E-state index in [4.69, 9.17) is 4.74 Å². The third-order valence-corrected chi connectivity index (χ3v) is 3.72. The molecule has 1 aliphatic heterocycles. The number of benzene rings is 1. The zero-order valence-electron chi connectivity index (χ0n) is 12.2. The summed E-state index contributed by atoms with van der Waals surface area (Å²) in [5.41, 5.74) is 1.01. The quantitative estimate of drug-likeness (QED) is 0.860. The van der Waals surface area contributed by atoms with Gasteiger partial charge in [-0.25, -0.2) is 4.39 Å². The molecule has 1 saturated heterocycles. The lowest BCUT2D eigenvalue weighted by Gasteiger charge is -2.33. The lowest BCUT2D eigenvalue weighted by Crippen LogP contribution is -2.47. The second-order valence-corrected chi connectivity index (χ2v) is 5.37. The minimum Gasteiger partial charge on any atom is -0.374 e. The van der Waals surface area contributed by atoms with Gasteiger partial charge in [0, 0.05) is 31.9 Å². The second-order valence-electron chi connectivity index (χ2n) is 5.37. The van der Waals surface area contributed by atoms with Crippen LogP contribution in [0.25, 0.3) is 0 Å². The fraction of sp³-hybridized carbons (Fsp3) is 0.375. The number of ether oxygens (including phenoxy) is 1. The highest BCUT2D eigenvalue weighted by Gasteiger charge is 2.24. The molecule has 0 bridgehead atoms. The number of halogens is 1. The van der Waals surface area contributed by atoms with Crippen molar-refractivity contribution in [3.05, 3.63) is 54.1 Å². The fourth-order valence-electron chi connectivity index (χ4n) is 2.59. The SMILES string of the molecule is O=C(Cn1cccn1)N1CCO[C@H](Cc2ccc(F)cc2)C1. The van der Waals surface area contributed by atoms with Crippen LogP contribution in [-0.2, 0) is 22.5 Å². The Balaban J connectivity index is 1.56. The molecular weight excluding hydrogens is 285 g/mol. The van der Waals surface area contributed by atoms with Gasteiger partial charge in [0.1, 0.15) is 12.4 Å². The van der Waals surface area contributed by atoms with Gasteiger partial charge < -0.3 is 9.64 Å². The molecule has 0 spiro atoms. The van der Waals surface area contributed by atoms with Crippen molar-refractivity contribution in [3.63, 3.8) is 0 Å². The standard InChI is InChI=1S/C16H18FN3O2/c17-14-4-2-13(3-5-14)10-15-11-19(8-9-22-15)16(21)12-20-7-1-6-18-20/h1-7,15H,8-12H2/t15-/m1/s1. The first-order chi connectivity index (χ1) is 10.7. The highest BCUT2D eigenvalue weighted by Crippen LogP contribution is 2.13. The number of hydrogen-bond acceptors (Lipinski definition) is 3. The maximum atomic E-state index is 12.9. The molecule has 1 fully saturated rings. The number of rotatable bonds is 4. The second kappa shape index (κ2) is 6.70. The van der Waals surface area contributed by atoms with E-state index in [1.54, 1.807) is 40.2 Å². The summed E-state index contributed by atoms with van der Waals surface area (Å²) < 4.78 is 20.3. The Morgan fingerprint density at radius 3 is 2.91 bits per heavy atom. The molecule has 0 aliphatic carbocycles. The minimum absolute atomic E-state index is 0.0381. The Labute approximate surface area is 128 Å². The van der Waals surface area contributed by atoms with Crippen molar-refractivity contribution in [2.75, 3.05) is 19.7 Å². The van der Waals surface area contributed by atoms with Gasteiger partial charge >= 0.3 is 0 Å². The molecule has 1 aromatic heterocycles. The first kappa shape index (κ1) is 14.7. The number of aromatic nitrogens is 2. The van der Waals surface area contributed by atoms with Crippen LogP contribution in [0.5, 0.6) is 0 Å². The zero-order chi connectivity index (χ0) is 15.4. The van der Waals surface area contributed by atoms with Crippen LogP contribution in [-0.4, -0.2) is 46.4 Å². The Morgan fingerprint density at radius 1 is 1.36 bits per heavy atom. The van der Waals surface area contributed by atoms with E-state index in [0.717, 1.165) is 5.56 Å². The lowest BCUT2D eigenvalue weighted by atomic mass is 10.1. The normalized spacial score (nSPS) is 18.4. The molecule has 0 saturated carbocycles. The number of carbonyl (C=O) groups is 1. The molecule has 22 heavy (non-hydrogen) atoms. The molecule has 3 rings (SSSR count). The van der Waals surface area contributed by atoms with Crippen LogP contribution in [0.2, 0.25) is 0 Å². The summed E-state index contributed by atoms with van der Waals surface area (Å²) in [5.74, 6) is -0.208.